The van der Waals surface area contributed by atoms with Gasteiger partial charge in [-0.25, -0.2) is 0 Å². The summed E-state index contributed by atoms with van der Waals surface area (Å²) >= 11 is 0. The van der Waals surface area contributed by atoms with Gasteiger partial charge in [-0.15, -0.1) is 0 Å². The van der Waals surface area contributed by atoms with Crippen LogP contribution >= 0.6 is 0 Å². The van der Waals surface area contributed by atoms with Gasteiger partial charge in [0.2, 0.25) is 11.4 Å². The number of alkyl halides is 5. The van der Waals surface area contributed by atoms with Crippen molar-refractivity contribution in [2.45, 2.75) is 69.1 Å². The van der Waals surface area contributed by atoms with Crippen molar-refractivity contribution in [1.29, 1.82) is 0 Å². The third-order valence-electron chi connectivity index (χ3n) is 6.03. The summed E-state index contributed by atoms with van der Waals surface area (Å²) in [5.74, 6) is -9.27. The van der Waals surface area contributed by atoms with Crippen molar-refractivity contribution in [3.8, 4) is 0 Å². The molecule has 2 fully saturated rings. The summed E-state index contributed by atoms with van der Waals surface area (Å²) in [7, 11) is 0. The average Bonchev–Trinajstić information content (AvgIpc) is 2.59. The minimum absolute atomic E-state index is 0.244. The molecular formula is C18H22F8O. The van der Waals surface area contributed by atoms with Gasteiger partial charge in [-0.05, 0) is 37.0 Å². The Balaban J connectivity index is 2.23. The molecule has 0 bridgehead atoms. The van der Waals surface area contributed by atoms with Crippen LogP contribution in [0.2, 0.25) is 0 Å². The van der Waals surface area contributed by atoms with E-state index in [4.69, 9.17) is 0 Å². The molecule has 0 saturated heterocycles. The third kappa shape index (κ3) is 4.17. The van der Waals surface area contributed by atoms with Gasteiger partial charge in [0.15, 0.2) is 0 Å². The van der Waals surface area contributed by atoms with Crippen molar-refractivity contribution in [3.05, 3.63) is 24.1 Å². The maximum atomic E-state index is 13.9. The van der Waals surface area contributed by atoms with E-state index in [0.717, 1.165) is 25.7 Å². The Morgan fingerprint density at radius 3 is 1.96 bits per heavy atom. The van der Waals surface area contributed by atoms with E-state index < -0.39 is 41.9 Å². The lowest BCUT2D eigenvalue weighted by molar-refractivity contribution is -0.325. The molecule has 4 unspecified atom stereocenters. The van der Waals surface area contributed by atoms with E-state index in [1.165, 1.54) is 0 Å². The molecular weight excluding hydrogens is 384 g/mol. The van der Waals surface area contributed by atoms with Gasteiger partial charge < -0.3 is 5.11 Å². The first kappa shape index (κ1) is 22.2. The van der Waals surface area contributed by atoms with Crippen molar-refractivity contribution >= 4 is 0 Å². The highest BCUT2D eigenvalue weighted by Crippen LogP contribution is 2.52. The summed E-state index contributed by atoms with van der Waals surface area (Å²) in [4.78, 5) is 0. The fourth-order valence-corrected chi connectivity index (χ4v) is 4.41. The number of hydrogen-bond acceptors (Lipinski definition) is 1. The molecule has 0 heterocycles. The molecule has 1 N–H and O–H groups in total. The molecule has 0 radical (unpaired) electrons. The standard InChI is InChI=1S/C18H22F8O/c1-10(12-7-6-11-4-2-3-5-13(11)8-12)9-16(27,18(24,25)26)17(22,23)14(19)15(20)21/h11-13,27H,1-9H2. The van der Waals surface area contributed by atoms with Gasteiger partial charge in [-0.3, -0.25) is 0 Å². The summed E-state index contributed by atoms with van der Waals surface area (Å²) in [5, 5.41) is 9.69. The van der Waals surface area contributed by atoms with Crippen molar-refractivity contribution < 1.29 is 40.2 Å². The van der Waals surface area contributed by atoms with E-state index in [-0.39, 0.29) is 11.5 Å². The van der Waals surface area contributed by atoms with Gasteiger partial charge in [0.05, 0.1) is 0 Å². The van der Waals surface area contributed by atoms with Gasteiger partial charge in [0.25, 0.3) is 0 Å². The molecule has 9 heteroatoms. The highest BCUT2D eigenvalue weighted by molar-refractivity contribution is 5.21. The molecule has 2 aliphatic rings. The molecule has 27 heavy (non-hydrogen) atoms. The average molecular weight is 406 g/mol. The van der Waals surface area contributed by atoms with Crippen LogP contribution in [0, 0.1) is 17.8 Å². The highest BCUT2D eigenvalue weighted by atomic mass is 19.4. The largest absolute Gasteiger partial charge is 0.424 e. The molecule has 0 aromatic heterocycles. The molecule has 2 saturated carbocycles. The van der Waals surface area contributed by atoms with Crippen LogP contribution < -0.4 is 0 Å². The molecule has 0 amide bonds. The fourth-order valence-electron chi connectivity index (χ4n) is 4.41. The molecule has 0 aromatic carbocycles. The Kier molecular flexibility index (Phi) is 6.34. The lowest BCUT2D eigenvalue weighted by atomic mass is 9.65. The van der Waals surface area contributed by atoms with E-state index in [1.807, 2.05) is 0 Å². The second-order valence-electron chi connectivity index (χ2n) is 7.66. The Morgan fingerprint density at radius 1 is 0.889 bits per heavy atom. The van der Waals surface area contributed by atoms with Crippen LogP contribution in [0.3, 0.4) is 0 Å². The van der Waals surface area contributed by atoms with E-state index in [9.17, 15) is 40.2 Å². The Labute approximate surface area is 152 Å². The summed E-state index contributed by atoms with van der Waals surface area (Å²) in [6.45, 7) is 3.41. The van der Waals surface area contributed by atoms with Crippen LogP contribution in [0.15, 0.2) is 24.1 Å². The van der Waals surface area contributed by atoms with Crippen LogP contribution in [-0.2, 0) is 0 Å². The number of rotatable bonds is 5. The smallest absolute Gasteiger partial charge is 0.375 e. The monoisotopic (exact) mass is 406 g/mol. The first-order valence-corrected chi connectivity index (χ1v) is 8.87. The van der Waals surface area contributed by atoms with Crippen LogP contribution in [0.25, 0.3) is 0 Å². The normalized spacial score (nSPS) is 28.9. The van der Waals surface area contributed by atoms with E-state index in [2.05, 4.69) is 6.58 Å². The molecule has 0 spiro atoms. The summed E-state index contributed by atoms with van der Waals surface area (Å²) in [5.41, 5.74) is -5.31. The first-order valence-electron chi connectivity index (χ1n) is 8.87. The van der Waals surface area contributed by atoms with Crippen LogP contribution in [0.1, 0.15) is 51.4 Å². The van der Waals surface area contributed by atoms with E-state index in [1.54, 1.807) is 0 Å². The molecule has 156 valence electrons. The Bertz CT molecular complexity index is 593. The van der Waals surface area contributed by atoms with Crippen molar-refractivity contribution in [1.82, 2.24) is 0 Å². The zero-order chi connectivity index (χ0) is 20.6. The summed E-state index contributed by atoms with van der Waals surface area (Å²) < 4.78 is 105. The van der Waals surface area contributed by atoms with Gasteiger partial charge in [-0.2, -0.15) is 35.1 Å². The minimum Gasteiger partial charge on any atom is -0.375 e. The Hall–Kier alpha value is -1.12. The molecule has 0 aliphatic heterocycles. The fraction of sp³-hybridized carbons (Fsp3) is 0.778. The van der Waals surface area contributed by atoms with Crippen LogP contribution in [0.4, 0.5) is 35.1 Å². The third-order valence-corrected chi connectivity index (χ3v) is 6.03. The second kappa shape index (κ2) is 7.72. The zero-order valence-corrected chi connectivity index (χ0v) is 14.6. The predicted molar refractivity (Wildman–Crippen MR) is 82.8 cm³/mol. The zero-order valence-electron chi connectivity index (χ0n) is 14.6. The summed E-state index contributed by atoms with van der Waals surface area (Å²) in [6, 6.07) is 0. The lowest BCUT2D eigenvalue weighted by Crippen LogP contribution is -2.59. The maximum absolute atomic E-state index is 13.9. The highest BCUT2D eigenvalue weighted by Gasteiger charge is 2.72. The predicted octanol–water partition coefficient (Wildman–Crippen LogP) is 6.55. The number of fused-ring (bicyclic) bond motifs is 1. The lowest BCUT2D eigenvalue weighted by Gasteiger charge is -2.42. The molecule has 4 atom stereocenters. The molecule has 1 nitrogen and oxygen atoms in total. The number of halogens is 8. The first-order chi connectivity index (χ1) is 12.3. The SMILES string of the molecule is C=C(CC(O)(C(F)(F)F)C(F)(F)C(F)=C(F)F)C1CCC2CCCCC2C1. The molecule has 2 aliphatic carbocycles. The van der Waals surface area contributed by atoms with Gasteiger partial charge in [0, 0.05) is 6.42 Å². The minimum atomic E-state index is -6.03. The van der Waals surface area contributed by atoms with Crippen molar-refractivity contribution in [3.63, 3.8) is 0 Å². The van der Waals surface area contributed by atoms with E-state index >= 15 is 0 Å². The van der Waals surface area contributed by atoms with Crippen LogP contribution in [0.5, 0.6) is 0 Å². The van der Waals surface area contributed by atoms with Crippen molar-refractivity contribution in [2.24, 2.45) is 17.8 Å². The maximum Gasteiger partial charge on any atom is 0.424 e. The van der Waals surface area contributed by atoms with Crippen molar-refractivity contribution in [2.75, 3.05) is 0 Å². The van der Waals surface area contributed by atoms with Gasteiger partial charge in [-0.1, -0.05) is 37.8 Å². The number of aliphatic hydroxyl groups is 1. The second-order valence-corrected chi connectivity index (χ2v) is 7.66. The molecule has 2 rings (SSSR count). The van der Waals surface area contributed by atoms with Gasteiger partial charge >= 0.3 is 18.2 Å². The molecule has 0 aromatic rings. The van der Waals surface area contributed by atoms with Gasteiger partial charge in [0.1, 0.15) is 0 Å². The quantitative estimate of drug-likeness (QED) is 0.406. The summed E-state index contributed by atoms with van der Waals surface area (Å²) in [6.07, 6.45) is -5.81. The Morgan fingerprint density at radius 2 is 1.44 bits per heavy atom. The number of hydrogen-bond donors (Lipinski definition) is 1. The van der Waals surface area contributed by atoms with Crippen LogP contribution in [-0.4, -0.2) is 22.8 Å². The topological polar surface area (TPSA) is 20.2 Å². The van der Waals surface area contributed by atoms with E-state index in [0.29, 0.717) is 25.2 Å².